The highest BCUT2D eigenvalue weighted by Gasteiger charge is 2.42. The van der Waals surface area contributed by atoms with Crippen LogP contribution in [0.15, 0.2) is 35.5 Å². The molecule has 1 heterocycles. The second-order valence-electron chi connectivity index (χ2n) is 6.18. The van der Waals surface area contributed by atoms with Crippen LogP contribution >= 0.6 is 0 Å². The maximum Gasteiger partial charge on any atom is 0.305 e. The number of benzene rings is 1. The van der Waals surface area contributed by atoms with E-state index in [0.717, 1.165) is 12.8 Å². The van der Waals surface area contributed by atoms with E-state index in [4.69, 9.17) is 4.74 Å². The Morgan fingerprint density at radius 2 is 2.04 bits per heavy atom. The van der Waals surface area contributed by atoms with Crippen molar-refractivity contribution in [2.45, 2.75) is 31.3 Å². The molecule has 0 N–H and O–H groups in total. The molecule has 1 aliphatic rings. The molecular weight excluding hydrogens is 344 g/mol. The van der Waals surface area contributed by atoms with E-state index in [0.29, 0.717) is 12.1 Å². The SMILES string of the molecule is CCCC(=O)OC[C@@H]1C[C@@H]1CS(=O)(=O)c1nnnn1-c1ccccc1. The zero-order valence-electron chi connectivity index (χ0n) is 13.9. The molecular formula is C16H20N4O4S. The molecule has 2 aromatic rings. The first-order chi connectivity index (χ1) is 12.0. The van der Waals surface area contributed by atoms with Crippen molar-refractivity contribution in [2.75, 3.05) is 12.4 Å². The largest absolute Gasteiger partial charge is 0.465 e. The van der Waals surface area contributed by atoms with E-state index in [-0.39, 0.29) is 35.3 Å². The molecule has 3 rings (SSSR count). The van der Waals surface area contributed by atoms with Crippen molar-refractivity contribution in [1.82, 2.24) is 20.2 Å². The summed E-state index contributed by atoms with van der Waals surface area (Å²) in [7, 11) is -3.63. The molecule has 0 amide bonds. The number of hydrogen-bond acceptors (Lipinski definition) is 7. The highest BCUT2D eigenvalue weighted by atomic mass is 32.2. The normalized spacial score (nSPS) is 19.6. The van der Waals surface area contributed by atoms with Gasteiger partial charge in [0.2, 0.25) is 9.84 Å². The van der Waals surface area contributed by atoms with Gasteiger partial charge in [-0.15, -0.1) is 0 Å². The Kier molecular flexibility index (Phi) is 5.12. The first-order valence-electron chi connectivity index (χ1n) is 8.23. The van der Waals surface area contributed by atoms with Crippen LogP contribution in [0.25, 0.3) is 5.69 Å². The lowest BCUT2D eigenvalue weighted by atomic mass is 10.3. The van der Waals surface area contributed by atoms with E-state index in [1.807, 2.05) is 13.0 Å². The van der Waals surface area contributed by atoms with Gasteiger partial charge in [0, 0.05) is 6.42 Å². The quantitative estimate of drug-likeness (QED) is 0.652. The van der Waals surface area contributed by atoms with Crippen LogP contribution in [0.3, 0.4) is 0 Å². The highest BCUT2D eigenvalue weighted by molar-refractivity contribution is 7.91. The molecule has 9 heteroatoms. The molecule has 1 aromatic heterocycles. The summed E-state index contributed by atoms with van der Waals surface area (Å²) >= 11 is 0. The Balaban J connectivity index is 1.63. The summed E-state index contributed by atoms with van der Waals surface area (Å²) in [6.07, 6.45) is 1.86. The maximum absolute atomic E-state index is 12.7. The summed E-state index contributed by atoms with van der Waals surface area (Å²) in [5.41, 5.74) is 0.590. The van der Waals surface area contributed by atoms with Gasteiger partial charge in [0.25, 0.3) is 5.16 Å². The molecule has 0 unspecified atom stereocenters. The fourth-order valence-electron chi connectivity index (χ4n) is 2.66. The minimum atomic E-state index is -3.63. The molecule has 1 aliphatic carbocycles. The number of sulfone groups is 1. The highest BCUT2D eigenvalue weighted by Crippen LogP contribution is 2.40. The Morgan fingerprint density at radius 3 is 2.76 bits per heavy atom. The van der Waals surface area contributed by atoms with E-state index in [9.17, 15) is 13.2 Å². The topological polar surface area (TPSA) is 104 Å². The number of ether oxygens (including phenoxy) is 1. The van der Waals surface area contributed by atoms with Crippen LogP contribution in [-0.2, 0) is 19.4 Å². The molecule has 1 fully saturated rings. The summed E-state index contributed by atoms with van der Waals surface area (Å²) in [5, 5.41) is 10.8. The number of para-hydroxylation sites is 1. The summed E-state index contributed by atoms with van der Waals surface area (Å²) in [6.45, 7) is 2.19. The van der Waals surface area contributed by atoms with Gasteiger partial charge in [-0.1, -0.05) is 30.2 Å². The van der Waals surface area contributed by atoms with Crippen molar-refractivity contribution in [2.24, 2.45) is 11.8 Å². The van der Waals surface area contributed by atoms with Gasteiger partial charge >= 0.3 is 5.97 Å². The third-order valence-electron chi connectivity index (χ3n) is 4.13. The molecule has 2 atom stereocenters. The fourth-order valence-corrected chi connectivity index (χ4v) is 4.34. The zero-order valence-corrected chi connectivity index (χ0v) is 14.7. The molecule has 8 nitrogen and oxygen atoms in total. The molecule has 0 saturated heterocycles. The van der Waals surface area contributed by atoms with Crippen LogP contribution in [0.1, 0.15) is 26.2 Å². The molecule has 25 heavy (non-hydrogen) atoms. The van der Waals surface area contributed by atoms with Gasteiger partial charge in [-0.3, -0.25) is 4.79 Å². The van der Waals surface area contributed by atoms with Crippen LogP contribution in [0.5, 0.6) is 0 Å². The predicted octanol–water partition coefficient (Wildman–Crippen LogP) is 1.42. The summed E-state index contributed by atoms with van der Waals surface area (Å²) < 4.78 is 31.7. The molecule has 134 valence electrons. The summed E-state index contributed by atoms with van der Waals surface area (Å²) in [5.74, 6) is -0.211. The number of esters is 1. The van der Waals surface area contributed by atoms with Crippen LogP contribution in [0.4, 0.5) is 0 Å². The first kappa shape index (κ1) is 17.5. The lowest BCUT2D eigenvalue weighted by molar-refractivity contribution is -0.144. The van der Waals surface area contributed by atoms with Crippen molar-refractivity contribution >= 4 is 15.8 Å². The zero-order chi connectivity index (χ0) is 17.9. The van der Waals surface area contributed by atoms with Crippen molar-refractivity contribution in [1.29, 1.82) is 0 Å². The molecule has 0 bridgehead atoms. The average Bonchev–Trinajstić information content (AvgIpc) is 3.10. The third-order valence-corrected chi connectivity index (χ3v) is 5.81. The van der Waals surface area contributed by atoms with Crippen molar-refractivity contribution in [3.05, 3.63) is 30.3 Å². The number of nitrogens with zero attached hydrogens (tertiary/aromatic N) is 4. The number of hydrogen-bond donors (Lipinski definition) is 0. The van der Waals surface area contributed by atoms with E-state index in [1.54, 1.807) is 24.3 Å². The van der Waals surface area contributed by atoms with Crippen LogP contribution in [-0.4, -0.2) is 47.0 Å². The standard InChI is InChI=1S/C16H20N4O4S/c1-2-6-15(21)24-10-12-9-13(12)11-25(22,23)16-17-18-19-20(16)14-7-4-3-5-8-14/h3-5,7-8,12-13H,2,6,9-11H2,1H3/t12-,13+/m0/s1. The van der Waals surface area contributed by atoms with Crippen molar-refractivity contribution in [3.8, 4) is 5.69 Å². The second-order valence-corrected chi connectivity index (χ2v) is 8.11. The lowest BCUT2D eigenvalue weighted by Crippen LogP contribution is -2.16. The van der Waals surface area contributed by atoms with Crippen molar-refractivity contribution < 1.29 is 17.9 Å². The van der Waals surface area contributed by atoms with E-state index in [2.05, 4.69) is 15.5 Å². The Hall–Kier alpha value is -2.29. The number of aromatic nitrogens is 4. The van der Waals surface area contributed by atoms with Gasteiger partial charge in [-0.2, -0.15) is 4.68 Å². The van der Waals surface area contributed by atoms with Gasteiger partial charge in [0.1, 0.15) is 0 Å². The summed E-state index contributed by atoms with van der Waals surface area (Å²) in [6, 6.07) is 8.88. The van der Waals surface area contributed by atoms with Crippen molar-refractivity contribution in [3.63, 3.8) is 0 Å². The number of carbonyl (C=O) groups is 1. The van der Waals surface area contributed by atoms with Gasteiger partial charge in [0.05, 0.1) is 18.0 Å². The van der Waals surface area contributed by atoms with Gasteiger partial charge < -0.3 is 4.74 Å². The van der Waals surface area contributed by atoms with E-state index < -0.39 is 9.84 Å². The van der Waals surface area contributed by atoms with Crippen LogP contribution < -0.4 is 0 Å². The summed E-state index contributed by atoms with van der Waals surface area (Å²) in [4.78, 5) is 11.4. The average molecular weight is 364 g/mol. The number of rotatable bonds is 8. The van der Waals surface area contributed by atoms with Gasteiger partial charge in [0.15, 0.2) is 0 Å². The molecule has 0 radical (unpaired) electrons. The molecule has 1 aromatic carbocycles. The fraction of sp³-hybridized carbons (Fsp3) is 0.500. The molecule has 1 saturated carbocycles. The monoisotopic (exact) mass is 364 g/mol. The van der Waals surface area contributed by atoms with Gasteiger partial charge in [-0.25, -0.2) is 8.42 Å². The Bertz CT molecular complexity index is 835. The minimum absolute atomic E-state index is 0.0275. The minimum Gasteiger partial charge on any atom is -0.465 e. The van der Waals surface area contributed by atoms with Crippen LogP contribution in [0.2, 0.25) is 0 Å². The lowest BCUT2D eigenvalue weighted by Gasteiger charge is -2.06. The molecule has 0 aliphatic heterocycles. The van der Waals surface area contributed by atoms with E-state index >= 15 is 0 Å². The maximum atomic E-state index is 12.7. The smallest absolute Gasteiger partial charge is 0.305 e. The first-order valence-corrected chi connectivity index (χ1v) is 9.88. The molecule has 0 spiro atoms. The predicted molar refractivity (Wildman–Crippen MR) is 88.7 cm³/mol. The Labute approximate surface area is 146 Å². The Morgan fingerprint density at radius 1 is 1.28 bits per heavy atom. The third kappa shape index (κ3) is 4.22. The number of carbonyl (C=O) groups excluding carboxylic acids is 1. The van der Waals surface area contributed by atoms with Gasteiger partial charge in [-0.05, 0) is 47.2 Å². The van der Waals surface area contributed by atoms with Crippen LogP contribution in [0, 0.1) is 11.8 Å². The van der Waals surface area contributed by atoms with E-state index in [1.165, 1.54) is 4.68 Å². The number of tetrazole rings is 1. The second kappa shape index (κ2) is 7.30.